The maximum absolute atomic E-state index is 12.6. The molecule has 1 aliphatic carbocycles. The number of rotatable bonds is 8. The summed E-state index contributed by atoms with van der Waals surface area (Å²) >= 11 is 0. The van der Waals surface area contributed by atoms with Gasteiger partial charge in [-0.2, -0.15) is 0 Å². The number of carbonyl (C=O) groups excluding carboxylic acids is 2. The molecule has 0 saturated heterocycles. The van der Waals surface area contributed by atoms with Crippen LogP contribution in [0.4, 0.5) is 0 Å². The summed E-state index contributed by atoms with van der Waals surface area (Å²) in [4.78, 5) is 24.9. The van der Waals surface area contributed by atoms with E-state index in [9.17, 15) is 18.0 Å². The first-order chi connectivity index (χ1) is 13.7. The maximum Gasteiger partial charge on any atom is 0.338 e. The van der Waals surface area contributed by atoms with Gasteiger partial charge in [-0.3, -0.25) is 4.79 Å². The number of methoxy groups -OCH3 is 1. The Morgan fingerprint density at radius 1 is 1.07 bits per heavy atom. The SMILES string of the molecule is COc1ccc(C(=O)O[C@H](C)C(=O)c2ccc(C)cc2)cc1S(=O)(=O)NC1CC1. The molecule has 8 heteroatoms. The van der Waals surface area contributed by atoms with Crippen molar-refractivity contribution in [3.8, 4) is 5.75 Å². The first-order valence-corrected chi connectivity index (χ1v) is 10.7. The maximum atomic E-state index is 12.6. The van der Waals surface area contributed by atoms with Crippen LogP contribution in [0.25, 0.3) is 0 Å². The predicted molar refractivity (Wildman–Crippen MR) is 107 cm³/mol. The number of aryl methyl sites for hydroxylation is 1. The van der Waals surface area contributed by atoms with Gasteiger partial charge in [0.15, 0.2) is 6.10 Å². The Morgan fingerprint density at radius 2 is 1.69 bits per heavy atom. The Morgan fingerprint density at radius 3 is 2.28 bits per heavy atom. The molecule has 0 bridgehead atoms. The van der Waals surface area contributed by atoms with Gasteiger partial charge in [0.25, 0.3) is 0 Å². The van der Waals surface area contributed by atoms with Crippen molar-refractivity contribution in [2.75, 3.05) is 7.11 Å². The Balaban J connectivity index is 1.78. The number of nitrogens with one attached hydrogen (secondary N) is 1. The molecule has 0 aliphatic heterocycles. The first-order valence-electron chi connectivity index (χ1n) is 9.23. The fourth-order valence-electron chi connectivity index (χ4n) is 2.73. The van der Waals surface area contributed by atoms with Crippen molar-refractivity contribution in [1.82, 2.24) is 4.72 Å². The standard InChI is InChI=1S/C21H23NO6S/c1-13-4-6-15(7-5-13)20(23)14(2)28-21(24)16-8-11-18(27-3)19(12-16)29(25,26)22-17-9-10-17/h4-8,11-12,14,17,22H,9-10H2,1-3H3/t14-/m1/s1. The molecule has 0 unspecified atom stereocenters. The number of ketones is 1. The summed E-state index contributed by atoms with van der Waals surface area (Å²) in [5, 5.41) is 0. The average Bonchev–Trinajstić information content (AvgIpc) is 3.50. The Bertz CT molecular complexity index is 1030. The molecular formula is C21H23NO6S. The summed E-state index contributed by atoms with van der Waals surface area (Å²) in [6.45, 7) is 3.39. The molecule has 2 aromatic carbocycles. The zero-order valence-corrected chi connectivity index (χ0v) is 17.3. The number of Topliss-reactive ketones (excluding diaryl/α,β-unsaturated/α-hetero) is 1. The lowest BCUT2D eigenvalue weighted by Gasteiger charge is -2.14. The number of hydrogen-bond donors (Lipinski definition) is 1. The lowest BCUT2D eigenvalue weighted by Crippen LogP contribution is -2.27. The third-order valence-electron chi connectivity index (χ3n) is 4.58. The highest BCUT2D eigenvalue weighted by Gasteiger charge is 2.31. The topological polar surface area (TPSA) is 98.8 Å². The van der Waals surface area contributed by atoms with E-state index in [0.29, 0.717) is 5.56 Å². The normalized spacial score (nSPS) is 14.9. The lowest BCUT2D eigenvalue weighted by molar-refractivity contribution is 0.0318. The van der Waals surface area contributed by atoms with Gasteiger partial charge in [-0.05, 0) is 44.9 Å². The van der Waals surface area contributed by atoms with Gasteiger partial charge in [-0.25, -0.2) is 17.9 Å². The zero-order valence-electron chi connectivity index (χ0n) is 16.5. The summed E-state index contributed by atoms with van der Waals surface area (Å²) in [5.74, 6) is -1.00. The monoisotopic (exact) mass is 417 g/mol. The number of hydrogen-bond acceptors (Lipinski definition) is 6. The van der Waals surface area contributed by atoms with Gasteiger partial charge in [-0.1, -0.05) is 29.8 Å². The fourth-order valence-corrected chi connectivity index (χ4v) is 4.23. The molecule has 0 radical (unpaired) electrons. The highest BCUT2D eigenvalue weighted by atomic mass is 32.2. The van der Waals surface area contributed by atoms with Crippen LogP contribution in [0.1, 0.15) is 46.0 Å². The molecule has 1 fully saturated rings. The highest BCUT2D eigenvalue weighted by Crippen LogP contribution is 2.28. The molecule has 1 N–H and O–H groups in total. The summed E-state index contributed by atoms with van der Waals surface area (Å²) in [5.41, 5.74) is 1.46. The van der Waals surface area contributed by atoms with Gasteiger partial charge in [0.05, 0.1) is 12.7 Å². The smallest absolute Gasteiger partial charge is 0.338 e. The van der Waals surface area contributed by atoms with Crippen LogP contribution in [-0.4, -0.2) is 39.4 Å². The molecule has 1 saturated carbocycles. The van der Waals surface area contributed by atoms with Crippen LogP contribution in [0.3, 0.4) is 0 Å². The second-order valence-corrected chi connectivity index (χ2v) is 8.72. The average molecular weight is 417 g/mol. The minimum Gasteiger partial charge on any atom is -0.495 e. The second-order valence-electron chi connectivity index (χ2n) is 7.04. The van der Waals surface area contributed by atoms with Crippen LogP contribution in [0.2, 0.25) is 0 Å². The number of benzene rings is 2. The molecule has 0 aromatic heterocycles. The van der Waals surface area contributed by atoms with E-state index in [1.54, 1.807) is 24.3 Å². The molecule has 0 spiro atoms. The van der Waals surface area contributed by atoms with Gasteiger partial charge >= 0.3 is 5.97 Å². The van der Waals surface area contributed by atoms with Crippen LogP contribution in [0, 0.1) is 6.92 Å². The molecule has 2 aromatic rings. The fraction of sp³-hybridized carbons (Fsp3) is 0.333. The predicted octanol–water partition coefficient (Wildman–Crippen LogP) is 2.87. The van der Waals surface area contributed by atoms with Gasteiger partial charge in [0.2, 0.25) is 15.8 Å². The second kappa shape index (κ2) is 8.34. The van der Waals surface area contributed by atoms with Crippen LogP contribution in [0.5, 0.6) is 5.75 Å². The number of sulfonamides is 1. The van der Waals surface area contributed by atoms with Crippen LogP contribution < -0.4 is 9.46 Å². The van der Waals surface area contributed by atoms with E-state index in [1.165, 1.54) is 32.2 Å². The summed E-state index contributed by atoms with van der Waals surface area (Å²) in [7, 11) is -2.48. The lowest BCUT2D eigenvalue weighted by atomic mass is 10.1. The minimum absolute atomic E-state index is 0.0190. The Hall–Kier alpha value is -2.71. The van der Waals surface area contributed by atoms with Crippen molar-refractivity contribution >= 4 is 21.8 Å². The molecule has 3 rings (SSSR count). The highest BCUT2D eigenvalue weighted by molar-refractivity contribution is 7.89. The first kappa shape index (κ1) is 21.0. The van der Waals surface area contributed by atoms with Gasteiger partial charge in [0, 0.05) is 11.6 Å². The molecule has 1 atom stereocenters. The van der Waals surface area contributed by atoms with E-state index in [-0.39, 0.29) is 28.0 Å². The van der Waals surface area contributed by atoms with Crippen molar-refractivity contribution in [2.24, 2.45) is 0 Å². The van der Waals surface area contributed by atoms with Crippen LogP contribution in [-0.2, 0) is 14.8 Å². The third-order valence-corrected chi connectivity index (χ3v) is 6.12. The molecule has 29 heavy (non-hydrogen) atoms. The van der Waals surface area contributed by atoms with Crippen molar-refractivity contribution < 1.29 is 27.5 Å². The van der Waals surface area contributed by atoms with Crippen LogP contribution in [0.15, 0.2) is 47.4 Å². The summed E-state index contributed by atoms with van der Waals surface area (Å²) in [6, 6.07) is 10.9. The van der Waals surface area contributed by atoms with Gasteiger partial charge in [-0.15, -0.1) is 0 Å². The quantitative estimate of drug-likeness (QED) is 0.524. The van der Waals surface area contributed by atoms with Crippen molar-refractivity contribution in [2.45, 2.75) is 43.7 Å². The molecule has 154 valence electrons. The zero-order chi connectivity index (χ0) is 21.2. The molecule has 0 amide bonds. The molecule has 7 nitrogen and oxygen atoms in total. The van der Waals surface area contributed by atoms with E-state index in [4.69, 9.17) is 9.47 Å². The number of carbonyl (C=O) groups is 2. The van der Waals surface area contributed by atoms with Crippen LogP contribution >= 0.6 is 0 Å². The number of esters is 1. The number of ether oxygens (including phenoxy) is 2. The van der Waals surface area contributed by atoms with E-state index < -0.39 is 22.1 Å². The molecular weight excluding hydrogens is 394 g/mol. The minimum atomic E-state index is -3.84. The summed E-state index contributed by atoms with van der Waals surface area (Å²) < 4.78 is 38.1. The summed E-state index contributed by atoms with van der Waals surface area (Å²) in [6.07, 6.45) is 0.543. The van der Waals surface area contributed by atoms with E-state index in [2.05, 4.69) is 4.72 Å². The Kier molecular flexibility index (Phi) is 6.04. The van der Waals surface area contributed by atoms with Crippen molar-refractivity contribution in [3.63, 3.8) is 0 Å². The van der Waals surface area contributed by atoms with Gasteiger partial charge < -0.3 is 9.47 Å². The van der Waals surface area contributed by atoms with Gasteiger partial charge in [0.1, 0.15) is 10.6 Å². The van der Waals surface area contributed by atoms with E-state index in [1.807, 2.05) is 6.92 Å². The molecule has 1 aliphatic rings. The third kappa shape index (κ3) is 5.02. The molecule has 0 heterocycles. The van der Waals surface area contributed by atoms with Crippen molar-refractivity contribution in [3.05, 3.63) is 59.2 Å². The van der Waals surface area contributed by atoms with Crippen molar-refractivity contribution in [1.29, 1.82) is 0 Å². The van der Waals surface area contributed by atoms with E-state index in [0.717, 1.165) is 18.4 Å². The Labute approximate surface area is 170 Å². The van der Waals surface area contributed by atoms with E-state index >= 15 is 0 Å². The largest absolute Gasteiger partial charge is 0.495 e.